The maximum atomic E-state index is 12.4. The van der Waals surface area contributed by atoms with Crippen LogP contribution in [-0.2, 0) is 11.3 Å². The summed E-state index contributed by atoms with van der Waals surface area (Å²) in [4.78, 5) is 12.4. The molecule has 0 fully saturated rings. The zero-order chi connectivity index (χ0) is 19.5. The zero-order valence-electron chi connectivity index (χ0n) is 15.7. The monoisotopic (exact) mass is 376 g/mol. The summed E-state index contributed by atoms with van der Waals surface area (Å²) >= 11 is 0. The molecule has 1 atom stereocenters. The van der Waals surface area contributed by atoms with E-state index in [2.05, 4.69) is 0 Å². The Balaban J connectivity index is 1.69. The van der Waals surface area contributed by atoms with Gasteiger partial charge >= 0.3 is 5.97 Å². The van der Waals surface area contributed by atoms with Gasteiger partial charge in [-0.05, 0) is 35.9 Å². The van der Waals surface area contributed by atoms with E-state index in [1.54, 1.807) is 26.4 Å². The minimum atomic E-state index is -0.617. The van der Waals surface area contributed by atoms with Crippen LogP contribution in [0.4, 0.5) is 0 Å². The van der Waals surface area contributed by atoms with Gasteiger partial charge in [0.2, 0.25) is 0 Å². The van der Waals surface area contributed by atoms with E-state index in [1.807, 2.05) is 54.6 Å². The summed E-state index contributed by atoms with van der Waals surface area (Å²) in [5.41, 5.74) is 2.99. The number of hydrogen-bond donors (Lipinski definition) is 0. The van der Waals surface area contributed by atoms with Gasteiger partial charge in [-0.15, -0.1) is 0 Å². The molecule has 0 aromatic heterocycles. The van der Waals surface area contributed by atoms with Gasteiger partial charge in [0.05, 0.1) is 25.3 Å². The molecule has 142 valence electrons. The van der Waals surface area contributed by atoms with Gasteiger partial charge in [-0.25, -0.2) is 4.79 Å². The minimum Gasteiger partial charge on any atom is -0.496 e. The van der Waals surface area contributed by atoms with E-state index >= 15 is 0 Å². The molecule has 4 rings (SSSR count). The van der Waals surface area contributed by atoms with E-state index in [0.29, 0.717) is 40.5 Å². The lowest BCUT2D eigenvalue weighted by molar-refractivity contribution is 0.0450. The molecular formula is C23H20O5. The van der Waals surface area contributed by atoms with Gasteiger partial charge in [-0.3, -0.25) is 0 Å². The summed E-state index contributed by atoms with van der Waals surface area (Å²) in [6.45, 7) is 0.441. The first kappa shape index (κ1) is 17.9. The van der Waals surface area contributed by atoms with Crippen LogP contribution in [0.3, 0.4) is 0 Å². The van der Waals surface area contributed by atoms with Crippen LogP contribution in [0.1, 0.15) is 33.2 Å². The van der Waals surface area contributed by atoms with Crippen molar-refractivity contribution in [1.82, 2.24) is 0 Å². The number of methoxy groups -OCH3 is 2. The molecule has 0 amide bonds. The Bertz CT molecular complexity index is 997. The molecule has 0 radical (unpaired) electrons. The molecular weight excluding hydrogens is 356 g/mol. The standard InChI is InChI=1S/C23H20O5/c1-25-19-12-11-16(27-14-15-7-4-3-5-8-15)13-18(19)22-21-17(23(24)28-22)9-6-10-20(21)26-2/h3-13,22H,14H2,1-2H3. The van der Waals surface area contributed by atoms with Gasteiger partial charge in [-0.1, -0.05) is 36.4 Å². The van der Waals surface area contributed by atoms with Gasteiger partial charge in [0.1, 0.15) is 23.9 Å². The molecule has 1 aliphatic heterocycles. The highest BCUT2D eigenvalue weighted by Crippen LogP contribution is 2.45. The molecule has 1 aliphatic rings. The highest BCUT2D eigenvalue weighted by atomic mass is 16.6. The molecule has 1 unspecified atom stereocenters. The fraction of sp³-hybridized carbons (Fsp3) is 0.174. The number of hydrogen-bond acceptors (Lipinski definition) is 5. The van der Waals surface area contributed by atoms with Crippen molar-refractivity contribution in [2.24, 2.45) is 0 Å². The Kier molecular flexibility index (Phi) is 4.89. The third-order valence-corrected chi connectivity index (χ3v) is 4.72. The van der Waals surface area contributed by atoms with E-state index in [-0.39, 0.29) is 5.97 Å². The Hall–Kier alpha value is -3.47. The van der Waals surface area contributed by atoms with Crippen molar-refractivity contribution in [1.29, 1.82) is 0 Å². The lowest BCUT2D eigenvalue weighted by Gasteiger charge is -2.18. The maximum Gasteiger partial charge on any atom is 0.339 e. The smallest absolute Gasteiger partial charge is 0.339 e. The maximum absolute atomic E-state index is 12.4. The third-order valence-electron chi connectivity index (χ3n) is 4.72. The van der Waals surface area contributed by atoms with Crippen molar-refractivity contribution < 1.29 is 23.7 Å². The van der Waals surface area contributed by atoms with Crippen molar-refractivity contribution >= 4 is 5.97 Å². The van der Waals surface area contributed by atoms with Gasteiger partial charge in [0.25, 0.3) is 0 Å². The van der Waals surface area contributed by atoms with Gasteiger partial charge in [-0.2, -0.15) is 0 Å². The molecule has 0 saturated heterocycles. The van der Waals surface area contributed by atoms with Crippen molar-refractivity contribution in [3.63, 3.8) is 0 Å². The Morgan fingerprint density at radius 1 is 0.893 bits per heavy atom. The number of cyclic esters (lactones) is 1. The van der Waals surface area contributed by atoms with E-state index in [0.717, 1.165) is 5.56 Å². The second-order valence-corrected chi connectivity index (χ2v) is 6.38. The lowest BCUT2D eigenvalue weighted by Crippen LogP contribution is -2.05. The molecule has 0 spiro atoms. The largest absolute Gasteiger partial charge is 0.496 e. The van der Waals surface area contributed by atoms with Crippen molar-refractivity contribution in [3.8, 4) is 17.2 Å². The highest BCUT2D eigenvalue weighted by Gasteiger charge is 2.37. The summed E-state index contributed by atoms with van der Waals surface area (Å²) < 4.78 is 22.6. The zero-order valence-corrected chi connectivity index (χ0v) is 15.7. The van der Waals surface area contributed by atoms with E-state index in [4.69, 9.17) is 18.9 Å². The number of carbonyl (C=O) groups excluding carboxylic acids is 1. The van der Waals surface area contributed by atoms with Crippen LogP contribution in [-0.4, -0.2) is 20.2 Å². The molecule has 0 saturated carbocycles. The number of carbonyl (C=O) groups is 1. The van der Waals surface area contributed by atoms with Crippen LogP contribution in [0.2, 0.25) is 0 Å². The number of benzene rings is 3. The summed E-state index contributed by atoms with van der Waals surface area (Å²) in [6, 6.07) is 20.8. The summed E-state index contributed by atoms with van der Waals surface area (Å²) in [5, 5.41) is 0. The number of ether oxygens (including phenoxy) is 4. The fourth-order valence-electron chi connectivity index (χ4n) is 3.37. The van der Waals surface area contributed by atoms with Crippen LogP contribution in [0, 0.1) is 0 Å². The molecule has 5 heteroatoms. The average molecular weight is 376 g/mol. The van der Waals surface area contributed by atoms with Crippen LogP contribution >= 0.6 is 0 Å². The molecule has 1 heterocycles. The Morgan fingerprint density at radius 3 is 2.43 bits per heavy atom. The second-order valence-electron chi connectivity index (χ2n) is 6.38. The molecule has 0 aliphatic carbocycles. The van der Waals surface area contributed by atoms with Gasteiger partial charge in [0, 0.05) is 5.56 Å². The van der Waals surface area contributed by atoms with Crippen molar-refractivity contribution in [3.05, 3.63) is 89.0 Å². The minimum absolute atomic E-state index is 0.378. The first-order valence-electron chi connectivity index (χ1n) is 8.94. The normalized spacial score (nSPS) is 14.9. The van der Waals surface area contributed by atoms with Crippen LogP contribution in [0.15, 0.2) is 66.7 Å². The quantitative estimate of drug-likeness (QED) is 0.591. The number of rotatable bonds is 6. The van der Waals surface area contributed by atoms with Crippen molar-refractivity contribution in [2.45, 2.75) is 12.7 Å². The Labute approximate surface area is 163 Å². The molecule has 28 heavy (non-hydrogen) atoms. The van der Waals surface area contributed by atoms with Gasteiger partial charge < -0.3 is 18.9 Å². The lowest BCUT2D eigenvalue weighted by atomic mass is 9.97. The molecule has 5 nitrogen and oxygen atoms in total. The second kappa shape index (κ2) is 7.64. The van der Waals surface area contributed by atoms with Crippen LogP contribution < -0.4 is 14.2 Å². The SMILES string of the molecule is COc1ccc(OCc2ccccc2)cc1C1OC(=O)c2cccc(OC)c21. The highest BCUT2D eigenvalue weighted by molar-refractivity contribution is 5.95. The third kappa shape index (κ3) is 3.27. The fourth-order valence-corrected chi connectivity index (χ4v) is 3.37. The predicted octanol–water partition coefficient (Wildman–Crippen LogP) is 4.54. The average Bonchev–Trinajstić information content (AvgIpc) is 3.09. The predicted molar refractivity (Wildman–Crippen MR) is 104 cm³/mol. The molecule has 3 aromatic carbocycles. The summed E-state index contributed by atoms with van der Waals surface area (Å²) in [6.07, 6.45) is -0.617. The Morgan fingerprint density at radius 2 is 1.68 bits per heavy atom. The van der Waals surface area contributed by atoms with Crippen molar-refractivity contribution in [2.75, 3.05) is 14.2 Å². The molecule has 0 N–H and O–H groups in total. The first-order valence-corrected chi connectivity index (χ1v) is 8.94. The molecule has 0 bridgehead atoms. The number of esters is 1. The number of fused-ring (bicyclic) bond motifs is 1. The molecule has 3 aromatic rings. The van der Waals surface area contributed by atoms with E-state index < -0.39 is 6.10 Å². The van der Waals surface area contributed by atoms with Gasteiger partial charge in [0.15, 0.2) is 6.10 Å². The topological polar surface area (TPSA) is 54.0 Å². The summed E-state index contributed by atoms with van der Waals surface area (Å²) in [7, 11) is 3.16. The van der Waals surface area contributed by atoms with Crippen LogP contribution in [0.5, 0.6) is 17.2 Å². The van der Waals surface area contributed by atoms with E-state index in [9.17, 15) is 4.79 Å². The van der Waals surface area contributed by atoms with E-state index in [1.165, 1.54) is 0 Å². The van der Waals surface area contributed by atoms with Crippen LogP contribution in [0.25, 0.3) is 0 Å². The summed E-state index contributed by atoms with van der Waals surface area (Å²) in [5.74, 6) is 1.50. The first-order chi connectivity index (χ1) is 13.7.